The summed E-state index contributed by atoms with van der Waals surface area (Å²) in [6, 6.07) is 2.57. The van der Waals surface area contributed by atoms with Gasteiger partial charge in [-0.2, -0.15) is 5.10 Å². The monoisotopic (exact) mass is 596 g/mol. The largest absolute Gasteiger partial charge is 0.492 e. The zero-order valence-electron chi connectivity index (χ0n) is 23.8. The number of aryl methyl sites for hydroxylation is 1. The minimum absolute atomic E-state index is 0.0762. The van der Waals surface area contributed by atoms with Gasteiger partial charge in [0.15, 0.2) is 23.3 Å². The maximum absolute atomic E-state index is 15.1. The van der Waals surface area contributed by atoms with Gasteiger partial charge < -0.3 is 47.3 Å². The van der Waals surface area contributed by atoms with Gasteiger partial charge in [0.05, 0.1) is 18.3 Å². The molecule has 0 saturated carbocycles. The summed E-state index contributed by atoms with van der Waals surface area (Å²) in [5, 5.41) is 39.2. The Morgan fingerprint density at radius 3 is 2.65 bits per heavy atom. The van der Waals surface area contributed by atoms with Crippen LogP contribution in [0.1, 0.15) is 52.4 Å². The van der Waals surface area contributed by atoms with E-state index >= 15 is 4.39 Å². The molecule has 1 fully saturated rings. The highest BCUT2D eigenvalue weighted by molar-refractivity contribution is 5.98. The minimum Gasteiger partial charge on any atom is -0.492 e. The number of rotatable bonds is 5. The van der Waals surface area contributed by atoms with Crippen LogP contribution in [-0.4, -0.2) is 98.3 Å². The fourth-order valence-electron chi connectivity index (χ4n) is 6.29. The molecule has 1 unspecified atom stereocenters. The van der Waals surface area contributed by atoms with Crippen molar-refractivity contribution in [3.05, 3.63) is 52.6 Å². The number of hydrogen-bond acceptors (Lipinski definition) is 13. The van der Waals surface area contributed by atoms with Crippen LogP contribution in [0.15, 0.2) is 34.3 Å². The quantitative estimate of drug-likeness (QED) is 0.190. The Hall–Kier alpha value is -4.57. The molecule has 1 aromatic heterocycles. The third kappa shape index (κ3) is 4.31. The standard InChI is InChI=1S/C27H33FN10O5/c1-12-4-7-15(37-36-12)21(39)31-10-16-20-26(35-23(29)34-20)27(41,42)17(11-38(26)24(30)32-16)33-22(40)18-14(28)6-5-13-19(18)43-9-8-25(13,2)3/h4-7,16-17,20,41-42H,8-11H2,1-3H3,(H2,30,32)(H,31,39)(H,33,40)(H3,29,34,35)/t16-,17?,20-,26-/m0/s1. The Bertz CT molecular complexity index is 1560. The molecule has 9 N–H and O–H groups in total. The van der Waals surface area contributed by atoms with E-state index in [0.717, 1.165) is 0 Å². The molecule has 16 heteroatoms. The maximum Gasteiger partial charge on any atom is 0.271 e. The molecule has 6 rings (SSSR count). The second-order valence-electron chi connectivity index (χ2n) is 11.8. The number of nitrogens with one attached hydrogen (secondary N) is 3. The molecule has 228 valence electrons. The molecule has 4 aliphatic heterocycles. The Kier molecular flexibility index (Phi) is 6.46. The second-order valence-corrected chi connectivity index (χ2v) is 11.8. The number of amides is 2. The van der Waals surface area contributed by atoms with Crippen molar-refractivity contribution in [2.75, 3.05) is 19.7 Å². The molecule has 1 spiro atoms. The average molecular weight is 597 g/mol. The highest BCUT2D eigenvalue weighted by Crippen LogP contribution is 2.45. The summed E-state index contributed by atoms with van der Waals surface area (Å²) in [7, 11) is 0. The van der Waals surface area contributed by atoms with Crippen molar-refractivity contribution in [3.8, 4) is 5.75 Å². The highest BCUT2D eigenvalue weighted by atomic mass is 19.1. The van der Waals surface area contributed by atoms with Crippen molar-refractivity contribution < 1.29 is 28.9 Å². The van der Waals surface area contributed by atoms with Crippen LogP contribution in [0.3, 0.4) is 0 Å². The van der Waals surface area contributed by atoms with E-state index in [1.807, 2.05) is 13.8 Å². The van der Waals surface area contributed by atoms with Gasteiger partial charge >= 0.3 is 0 Å². The molecule has 1 saturated heterocycles. The number of aromatic nitrogens is 2. The van der Waals surface area contributed by atoms with Crippen molar-refractivity contribution in [2.45, 2.75) is 62.2 Å². The first-order valence-electron chi connectivity index (χ1n) is 13.8. The third-order valence-electron chi connectivity index (χ3n) is 8.65. The predicted molar refractivity (Wildman–Crippen MR) is 150 cm³/mol. The number of aliphatic hydroxyl groups is 2. The van der Waals surface area contributed by atoms with E-state index in [2.05, 4.69) is 36.1 Å². The highest BCUT2D eigenvalue weighted by Gasteiger charge is 2.73. The van der Waals surface area contributed by atoms with Gasteiger partial charge in [-0.3, -0.25) is 9.59 Å². The number of hydrogen-bond donors (Lipinski definition) is 7. The number of carbonyl (C=O) groups is 2. The predicted octanol–water partition coefficient (Wildman–Crippen LogP) is -1.81. The molecule has 4 atom stereocenters. The summed E-state index contributed by atoms with van der Waals surface area (Å²) < 4.78 is 20.8. The summed E-state index contributed by atoms with van der Waals surface area (Å²) in [4.78, 5) is 36.4. The van der Waals surface area contributed by atoms with Crippen LogP contribution in [0.2, 0.25) is 0 Å². The summed E-state index contributed by atoms with van der Waals surface area (Å²) in [6.07, 6.45) is 0.677. The first kappa shape index (κ1) is 28.5. The Morgan fingerprint density at radius 1 is 1.16 bits per heavy atom. The minimum atomic E-state index is -2.76. The maximum atomic E-state index is 15.1. The number of fused-ring (bicyclic) bond motifs is 1. The summed E-state index contributed by atoms with van der Waals surface area (Å²) in [6.45, 7) is 5.62. The van der Waals surface area contributed by atoms with Gasteiger partial charge in [-0.15, -0.1) is 5.10 Å². The Balaban J connectivity index is 1.27. The number of benzene rings is 1. The number of halogens is 1. The third-order valence-corrected chi connectivity index (χ3v) is 8.65. The molecule has 43 heavy (non-hydrogen) atoms. The van der Waals surface area contributed by atoms with Gasteiger partial charge in [0.2, 0.25) is 5.79 Å². The van der Waals surface area contributed by atoms with E-state index in [0.29, 0.717) is 17.7 Å². The molecule has 0 radical (unpaired) electrons. The number of nitrogens with zero attached hydrogens (tertiary/aromatic N) is 5. The van der Waals surface area contributed by atoms with Crippen LogP contribution in [0.25, 0.3) is 0 Å². The van der Waals surface area contributed by atoms with Crippen molar-refractivity contribution in [3.63, 3.8) is 0 Å². The van der Waals surface area contributed by atoms with Crippen molar-refractivity contribution in [1.82, 2.24) is 31.0 Å². The number of guanidine groups is 2. The fraction of sp³-hybridized carbons (Fsp3) is 0.481. The molecule has 2 aromatic rings. The molecule has 4 aliphatic rings. The molecule has 1 aromatic carbocycles. The number of aliphatic imine (C=N–C) groups is 2. The van der Waals surface area contributed by atoms with E-state index in [9.17, 15) is 19.8 Å². The van der Waals surface area contributed by atoms with Gasteiger partial charge in [-0.05, 0) is 37.0 Å². The van der Waals surface area contributed by atoms with Gasteiger partial charge in [-0.25, -0.2) is 14.4 Å². The van der Waals surface area contributed by atoms with Crippen LogP contribution in [0.4, 0.5) is 4.39 Å². The molecular formula is C27H33FN10O5. The lowest BCUT2D eigenvalue weighted by Crippen LogP contribution is -2.78. The van der Waals surface area contributed by atoms with Crippen LogP contribution in [0, 0.1) is 12.7 Å². The first-order valence-corrected chi connectivity index (χ1v) is 13.8. The van der Waals surface area contributed by atoms with Crippen molar-refractivity contribution in [1.29, 1.82) is 0 Å². The van der Waals surface area contributed by atoms with Crippen LogP contribution in [-0.2, 0) is 5.41 Å². The van der Waals surface area contributed by atoms with Crippen molar-refractivity contribution in [2.24, 2.45) is 21.5 Å². The van der Waals surface area contributed by atoms with Crippen LogP contribution in [0.5, 0.6) is 5.75 Å². The lowest BCUT2D eigenvalue weighted by molar-refractivity contribution is -0.230. The van der Waals surface area contributed by atoms with Gasteiger partial charge in [-0.1, -0.05) is 19.9 Å². The van der Waals surface area contributed by atoms with E-state index in [4.69, 9.17) is 16.2 Å². The summed E-state index contributed by atoms with van der Waals surface area (Å²) >= 11 is 0. The molecule has 0 aliphatic carbocycles. The Labute approximate surface area is 245 Å². The van der Waals surface area contributed by atoms with Crippen LogP contribution >= 0.6 is 0 Å². The fourth-order valence-corrected chi connectivity index (χ4v) is 6.29. The topological polar surface area (TPSA) is 226 Å². The van der Waals surface area contributed by atoms with E-state index in [-0.39, 0.29) is 54.0 Å². The second kappa shape index (κ2) is 9.74. The number of carbonyl (C=O) groups excluding carboxylic acids is 2. The molecular weight excluding hydrogens is 563 g/mol. The number of nitrogens with two attached hydrogens (primary N) is 2. The molecule has 15 nitrogen and oxygen atoms in total. The first-order chi connectivity index (χ1) is 20.3. The Morgan fingerprint density at radius 2 is 1.93 bits per heavy atom. The van der Waals surface area contributed by atoms with Gasteiger partial charge in [0.1, 0.15) is 29.2 Å². The molecule has 5 heterocycles. The van der Waals surface area contributed by atoms with Crippen molar-refractivity contribution >= 4 is 23.7 Å². The van der Waals surface area contributed by atoms with Gasteiger partial charge in [0, 0.05) is 18.7 Å². The van der Waals surface area contributed by atoms with Crippen LogP contribution < -0.4 is 32.2 Å². The van der Waals surface area contributed by atoms with E-state index in [1.54, 1.807) is 19.1 Å². The normalized spacial score (nSPS) is 27.9. The molecule has 0 bridgehead atoms. The SMILES string of the molecule is Cc1ccc(C(=O)NC[C@@H]2N=C(N)N3CC(NC(=O)c4c(F)ccc5c4OCCC5(C)C)C(O)(O)[C@@]34NC(N)=N[C@@H]24)nn1. The lowest BCUT2D eigenvalue weighted by atomic mass is 9.79. The van der Waals surface area contributed by atoms with E-state index in [1.165, 1.54) is 17.0 Å². The number of ether oxygens (including phenoxy) is 1. The summed E-state index contributed by atoms with van der Waals surface area (Å²) in [5.41, 5.74) is 11.2. The zero-order chi connectivity index (χ0) is 30.9. The molecule has 2 amide bonds. The summed E-state index contributed by atoms with van der Waals surface area (Å²) in [5.74, 6) is -5.13. The van der Waals surface area contributed by atoms with E-state index < -0.39 is 47.2 Å². The zero-order valence-corrected chi connectivity index (χ0v) is 23.8. The smallest absolute Gasteiger partial charge is 0.271 e. The van der Waals surface area contributed by atoms with Gasteiger partial charge in [0.25, 0.3) is 11.8 Å². The lowest BCUT2D eigenvalue weighted by Gasteiger charge is -2.49. The average Bonchev–Trinajstić information content (AvgIpc) is 3.41.